The standard InChI is InChI=1S/C19H16N4O4/c1-10-6-14-15(7-11(10)2)21-19-18(20-14)13-8-12(23(25)26)4-5-16(13)22(19)9-17(24)27-3/h4-8H,9H2,1-3H3. The number of esters is 1. The van der Waals surface area contributed by atoms with E-state index >= 15 is 0 Å². The molecule has 4 aromatic rings. The smallest absolute Gasteiger partial charge is 0.325 e. The number of hydrogen-bond acceptors (Lipinski definition) is 6. The predicted molar refractivity (Wildman–Crippen MR) is 101 cm³/mol. The third-order valence-corrected chi connectivity index (χ3v) is 4.77. The zero-order valence-electron chi connectivity index (χ0n) is 15.0. The highest BCUT2D eigenvalue weighted by Gasteiger charge is 2.19. The highest BCUT2D eigenvalue weighted by molar-refractivity contribution is 6.07. The monoisotopic (exact) mass is 364 g/mol. The van der Waals surface area contributed by atoms with Crippen LogP contribution in [0.4, 0.5) is 5.69 Å². The number of aromatic nitrogens is 3. The second-order valence-electron chi connectivity index (χ2n) is 6.44. The molecule has 2 aromatic heterocycles. The number of fused-ring (bicyclic) bond motifs is 4. The van der Waals surface area contributed by atoms with Crippen LogP contribution in [-0.2, 0) is 16.1 Å². The molecule has 0 fully saturated rings. The van der Waals surface area contributed by atoms with Crippen LogP contribution in [0.15, 0.2) is 30.3 Å². The van der Waals surface area contributed by atoms with Gasteiger partial charge < -0.3 is 9.30 Å². The van der Waals surface area contributed by atoms with Gasteiger partial charge in [-0.25, -0.2) is 9.97 Å². The van der Waals surface area contributed by atoms with Crippen molar-refractivity contribution in [3.8, 4) is 0 Å². The maximum Gasteiger partial charge on any atom is 0.325 e. The van der Waals surface area contributed by atoms with Crippen LogP contribution in [0.2, 0.25) is 0 Å². The van der Waals surface area contributed by atoms with Crippen LogP contribution in [0, 0.1) is 24.0 Å². The number of nitro benzene ring substituents is 1. The number of carbonyl (C=O) groups excluding carboxylic acids is 1. The molecule has 2 heterocycles. The summed E-state index contributed by atoms with van der Waals surface area (Å²) in [5.41, 5.74) is 5.19. The van der Waals surface area contributed by atoms with Gasteiger partial charge in [0.15, 0.2) is 5.65 Å². The molecule has 0 amide bonds. The number of benzene rings is 2. The van der Waals surface area contributed by atoms with E-state index < -0.39 is 10.9 Å². The van der Waals surface area contributed by atoms with Gasteiger partial charge in [0.1, 0.15) is 12.1 Å². The van der Waals surface area contributed by atoms with Gasteiger partial charge in [0.2, 0.25) is 0 Å². The maximum atomic E-state index is 11.9. The number of nitrogens with zero attached hydrogens (tertiary/aromatic N) is 4. The Morgan fingerprint density at radius 2 is 1.81 bits per heavy atom. The van der Waals surface area contributed by atoms with Crippen LogP contribution in [-0.4, -0.2) is 32.5 Å². The lowest BCUT2D eigenvalue weighted by molar-refractivity contribution is -0.384. The maximum absolute atomic E-state index is 11.9. The molecule has 0 N–H and O–H groups in total. The molecule has 0 atom stereocenters. The molecular weight excluding hydrogens is 348 g/mol. The first-order valence-electron chi connectivity index (χ1n) is 8.31. The Labute approximate surface area is 153 Å². The Bertz CT molecular complexity index is 1260. The molecule has 2 aromatic carbocycles. The molecule has 0 bridgehead atoms. The van der Waals surface area contributed by atoms with Gasteiger partial charge in [-0.3, -0.25) is 14.9 Å². The van der Waals surface area contributed by atoms with Crippen LogP contribution in [0.1, 0.15) is 11.1 Å². The summed E-state index contributed by atoms with van der Waals surface area (Å²) in [6, 6.07) is 8.37. The molecule has 8 heteroatoms. The van der Waals surface area contributed by atoms with Crippen LogP contribution in [0.3, 0.4) is 0 Å². The lowest BCUT2D eigenvalue weighted by Gasteiger charge is -2.06. The number of rotatable bonds is 3. The first-order valence-corrected chi connectivity index (χ1v) is 8.31. The second-order valence-corrected chi connectivity index (χ2v) is 6.44. The largest absolute Gasteiger partial charge is 0.468 e. The zero-order valence-corrected chi connectivity index (χ0v) is 15.0. The van der Waals surface area contributed by atoms with Gasteiger partial charge in [-0.2, -0.15) is 0 Å². The molecule has 0 radical (unpaired) electrons. The van der Waals surface area contributed by atoms with Crippen LogP contribution in [0.25, 0.3) is 33.1 Å². The van der Waals surface area contributed by atoms with Crippen molar-refractivity contribution in [1.29, 1.82) is 0 Å². The Kier molecular flexibility index (Phi) is 3.76. The Morgan fingerprint density at radius 3 is 2.44 bits per heavy atom. The van der Waals surface area contributed by atoms with Gasteiger partial charge in [-0.05, 0) is 43.2 Å². The number of hydrogen-bond donors (Lipinski definition) is 0. The summed E-state index contributed by atoms with van der Waals surface area (Å²) in [6.45, 7) is 3.93. The van der Waals surface area contributed by atoms with Crippen molar-refractivity contribution < 1.29 is 14.5 Å². The SMILES string of the molecule is COC(=O)Cn1c2ccc([N+](=O)[O-])cc2c2nc3cc(C)c(C)cc3nc21. The number of methoxy groups -OCH3 is 1. The van der Waals surface area contributed by atoms with Crippen molar-refractivity contribution in [2.45, 2.75) is 20.4 Å². The summed E-state index contributed by atoms with van der Waals surface area (Å²) in [5, 5.41) is 11.8. The molecule has 8 nitrogen and oxygen atoms in total. The molecule has 0 aliphatic heterocycles. The molecule has 0 saturated carbocycles. The van der Waals surface area contributed by atoms with E-state index in [0.29, 0.717) is 33.1 Å². The summed E-state index contributed by atoms with van der Waals surface area (Å²) in [6.07, 6.45) is 0. The number of ether oxygens (including phenoxy) is 1. The fourth-order valence-electron chi connectivity index (χ4n) is 3.20. The lowest BCUT2D eigenvalue weighted by Crippen LogP contribution is -2.11. The average Bonchev–Trinajstić information content (AvgIpc) is 2.93. The van der Waals surface area contributed by atoms with E-state index in [2.05, 4.69) is 0 Å². The average molecular weight is 364 g/mol. The summed E-state index contributed by atoms with van der Waals surface area (Å²) < 4.78 is 6.47. The van der Waals surface area contributed by atoms with E-state index in [1.807, 2.05) is 26.0 Å². The number of carbonyl (C=O) groups is 1. The van der Waals surface area contributed by atoms with E-state index in [-0.39, 0.29) is 12.2 Å². The van der Waals surface area contributed by atoms with Crippen LogP contribution < -0.4 is 0 Å². The van der Waals surface area contributed by atoms with Crippen molar-refractivity contribution in [1.82, 2.24) is 14.5 Å². The number of nitro groups is 1. The van der Waals surface area contributed by atoms with Crippen molar-refractivity contribution in [3.63, 3.8) is 0 Å². The Morgan fingerprint density at radius 1 is 1.15 bits per heavy atom. The van der Waals surface area contributed by atoms with E-state index in [1.54, 1.807) is 10.6 Å². The van der Waals surface area contributed by atoms with E-state index in [0.717, 1.165) is 11.1 Å². The predicted octanol–water partition coefficient (Wildman–Crippen LogP) is 3.44. The summed E-state index contributed by atoms with van der Waals surface area (Å²) in [7, 11) is 1.31. The summed E-state index contributed by atoms with van der Waals surface area (Å²) >= 11 is 0. The molecule has 27 heavy (non-hydrogen) atoms. The molecule has 136 valence electrons. The Balaban J connectivity index is 2.13. The van der Waals surface area contributed by atoms with Gasteiger partial charge in [0, 0.05) is 17.5 Å². The van der Waals surface area contributed by atoms with Crippen molar-refractivity contribution >= 4 is 44.8 Å². The fourth-order valence-corrected chi connectivity index (χ4v) is 3.20. The van der Waals surface area contributed by atoms with Crippen molar-refractivity contribution in [2.24, 2.45) is 0 Å². The minimum atomic E-state index is -0.453. The van der Waals surface area contributed by atoms with Gasteiger partial charge in [-0.1, -0.05) is 0 Å². The minimum Gasteiger partial charge on any atom is -0.468 e. The second kappa shape index (κ2) is 6.01. The molecular formula is C19H16N4O4. The van der Waals surface area contributed by atoms with Gasteiger partial charge >= 0.3 is 5.97 Å². The molecule has 0 spiro atoms. The molecule has 0 unspecified atom stereocenters. The third kappa shape index (κ3) is 2.66. The zero-order chi connectivity index (χ0) is 19.3. The lowest BCUT2D eigenvalue weighted by atomic mass is 10.1. The van der Waals surface area contributed by atoms with Gasteiger partial charge in [-0.15, -0.1) is 0 Å². The summed E-state index contributed by atoms with van der Waals surface area (Å²) in [5.74, 6) is -0.436. The van der Waals surface area contributed by atoms with E-state index in [1.165, 1.54) is 19.2 Å². The highest BCUT2D eigenvalue weighted by Crippen LogP contribution is 2.31. The number of non-ortho nitro benzene ring substituents is 1. The first-order chi connectivity index (χ1) is 12.9. The number of aryl methyl sites for hydroxylation is 2. The van der Waals surface area contributed by atoms with Gasteiger partial charge in [0.25, 0.3) is 5.69 Å². The first kappa shape index (κ1) is 16.9. The minimum absolute atomic E-state index is 0.0402. The van der Waals surface area contributed by atoms with Crippen LogP contribution in [0.5, 0.6) is 0 Å². The molecule has 0 aliphatic rings. The quantitative estimate of drug-likeness (QED) is 0.314. The third-order valence-electron chi connectivity index (χ3n) is 4.77. The van der Waals surface area contributed by atoms with E-state index in [4.69, 9.17) is 14.7 Å². The summed E-state index contributed by atoms with van der Waals surface area (Å²) in [4.78, 5) is 32.1. The van der Waals surface area contributed by atoms with Gasteiger partial charge in [0.05, 0.1) is 28.6 Å². The molecule has 4 rings (SSSR count). The van der Waals surface area contributed by atoms with Crippen molar-refractivity contribution in [3.05, 3.63) is 51.6 Å². The topological polar surface area (TPSA) is 100 Å². The highest BCUT2D eigenvalue weighted by atomic mass is 16.6. The van der Waals surface area contributed by atoms with E-state index in [9.17, 15) is 14.9 Å². The molecule has 0 aliphatic carbocycles. The molecule has 0 saturated heterocycles. The fraction of sp³-hybridized carbons (Fsp3) is 0.211. The Hall–Kier alpha value is -3.55. The normalized spacial score (nSPS) is 11.4. The van der Waals surface area contributed by atoms with Crippen molar-refractivity contribution in [2.75, 3.05) is 7.11 Å². The van der Waals surface area contributed by atoms with Crippen LogP contribution >= 0.6 is 0 Å².